The number of hydrogen-bond donors (Lipinski definition) is 2. The highest BCUT2D eigenvalue weighted by Gasteiger charge is 2.22. The SMILES string of the molecule is CCCn1ncc(Br)c1C(NN)c1ccc(OC)nn1. The lowest BCUT2D eigenvalue weighted by Crippen LogP contribution is -2.32. The van der Waals surface area contributed by atoms with E-state index in [4.69, 9.17) is 10.6 Å². The van der Waals surface area contributed by atoms with E-state index in [0.717, 1.165) is 23.1 Å². The van der Waals surface area contributed by atoms with Crippen molar-refractivity contribution in [2.24, 2.45) is 5.84 Å². The van der Waals surface area contributed by atoms with Gasteiger partial charge in [0.1, 0.15) is 6.04 Å². The van der Waals surface area contributed by atoms with Crippen LogP contribution in [0.4, 0.5) is 0 Å². The number of aryl methyl sites for hydroxylation is 1. The van der Waals surface area contributed by atoms with Crippen molar-refractivity contribution < 1.29 is 4.74 Å². The maximum absolute atomic E-state index is 5.69. The van der Waals surface area contributed by atoms with Crippen LogP contribution in [0.15, 0.2) is 22.8 Å². The third-order valence-electron chi connectivity index (χ3n) is 2.87. The molecule has 1 atom stereocenters. The molecule has 2 aromatic rings. The van der Waals surface area contributed by atoms with Crippen molar-refractivity contribution in [1.82, 2.24) is 25.4 Å². The van der Waals surface area contributed by atoms with Crippen LogP contribution in [-0.2, 0) is 6.54 Å². The second-order valence-corrected chi connectivity index (χ2v) is 5.06. The summed E-state index contributed by atoms with van der Waals surface area (Å²) in [6, 6.07) is 3.28. The number of nitrogens with one attached hydrogen (secondary N) is 1. The number of rotatable bonds is 6. The number of hydrazine groups is 1. The van der Waals surface area contributed by atoms with E-state index in [2.05, 4.69) is 43.6 Å². The van der Waals surface area contributed by atoms with Gasteiger partial charge in [0.05, 0.1) is 29.2 Å². The Hall–Kier alpha value is -1.51. The Bertz CT molecular complexity index is 556. The zero-order valence-electron chi connectivity index (χ0n) is 11.4. The maximum atomic E-state index is 5.69. The lowest BCUT2D eigenvalue weighted by molar-refractivity contribution is 0.389. The topological polar surface area (TPSA) is 90.9 Å². The molecule has 0 aliphatic rings. The van der Waals surface area contributed by atoms with Crippen LogP contribution in [0.3, 0.4) is 0 Å². The Balaban J connectivity index is 2.38. The molecule has 0 saturated heterocycles. The number of methoxy groups -OCH3 is 1. The average Bonchev–Trinajstić information content (AvgIpc) is 2.83. The Morgan fingerprint density at radius 1 is 1.45 bits per heavy atom. The molecule has 0 spiro atoms. The van der Waals surface area contributed by atoms with Gasteiger partial charge >= 0.3 is 0 Å². The van der Waals surface area contributed by atoms with Gasteiger partial charge in [-0.05, 0) is 28.4 Å². The smallest absolute Gasteiger partial charge is 0.233 e. The van der Waals surface area contributed by atoms with Crippen LogP contribution in [0.5, 0.6) is 5.88 Å². The molecule has 0 saturated carbocycles. The van der Waals surface area contributed by atoms with Crippen molar-refractivity contribution in [2.75, 3.05) is 7.11 Å². The van der Waals surface area contributed by atoms with Gasteiger partial charge in [0.2, 0.25) is 5.88 Å². The Morgan fingerprint density at radius 2 is 2.25 bits per heavy atom. The van der Waals surface area contributed by atoms with Crippen molar-refractivity contribution in [3.8, 4) is 5.88 Å². The van der Waals surface area contributed by atoms with Gasteiger partial charge in [-0.2, -0.15) is 5.10 Å². The first-order chi connectivity index (χ1) is 9.71. The van der Waals surface area contributed by atoms with Crippen LogP contribution in [-0.4, -0.2) is 27.1 Å². The van der Waals surface area contributed by atoms with E-state index in [9.17, 15) is 0 Å². The van der Waals surface area contributed by atoms with Crippen molar-refractivity contribution >= 4 is 15.9 Å². The van der Waals surface area contributed by atoms with E-state index in [1.54, 1.807) is 19.4 Å². The Labute approximate surface area is 125 Å². The normalized spacial score (nSPS) is 12.4. The van der Waals surface area contributed by atoms with E-state index in [1.165, 1.54) is 0 Å². The summed E-state index contributed by atoms with van der Waals surface area (Å²) < 4.78 is 7.79. The molecule has 3 N–H and O–H groups in total. The van der Waals surface area contributed by atoms with Gasteiger partial charge in [-0.3, -0.25) is 10.5 Å². The van der Waals surface area contributed by atoms with Gasteiger partial charge < -0.3 is 4.74 Å². The lowest BCUT2D eigenvalue weighted by Gasteiger charge is -2.17. The molecule has 20 heavy (non-hydrogen) atoms. The third kappa shape index (κ3) is 2.97. The third-order valence-corrected chi connectivity index (χ3v) is 3.49. The van der Waals surface area contributed by atoms with Crippen LogP contribution in [0.2, 0.25) is 0 Å². The second kappa shape index (κ2) is 6.78. The summed E-state index contributed by atoms with van der Waals surface area (Å²) in [6.07, 6.45) is 2.74. The zero-order valence-corrected chi connectivity index (χ0v) is 13.0. The van der Waals surface area contributed by atoms with Crippen LogP contribution in [0.1, 0.15) is 30.8 Å². The number of nitrogens with two attached hydrogens (primary N) is 1. The number of aromatic nitrogens is 4. The first-order valence-electron chi connectivity index (χ1n) is 6.26. The summed E-state index contributed by atoms with van der Waals surface area (Å²) in [7, 11) is 1.55. The minimum Gasteiger partial charge on any atom is -0.480 e. The van der Waals surface area contributed by atoms with E-state index in [0.29, 0.717) is 11.6 Å². The van der Waals surface area contributed by atoms with E-state index in [-0.39, 0.29) is 6.04 Å². The van der Waals surface area contributed by atoms with E-state index in [1.807, 2.05) is 10.7 Å². The predicted octanol–water partition coefficient (Wildman–Crippen LogP) is 1.41. The summed E-state index contributed by atoms with van der Waals surface area (Å²) >= 11 is 3.50. The molecule has 2 rings (SSSR count). The van der Waals surface area contributed by atoms with Gasteiger partial charge in [0, 0.05) is 12.6 Å². The number of ether oxygens (including phenoxy) is 1. The van der Waals surface area contributed by atoms with E-state index < -0.39 is 0 Å². The standard InChI is InChI=1S/C12H17BrN6O/c1-3-6-19-12(8(13)7-15-19)11(16-14)9-4-5-10(20-2)18-17-9/h4-5,7,11,16H,3,6,14H2,1-2H3. The maximum Gasteiger partial charge on any atom is 0.233 e. The van der Waals surface area contributed by atoms with E-state index >= 15 is 0 Å². The molecule has 0 bridgehead atoms. The summed E-state index contributed by atoms with van der Waals surface area (Å²) in [5.74, 6) is 6.15. The van der Waals surface area contributed by atoms with Crippen molar-refractivity contribution in [1.29, 1.82) is 0 Å². The average molecular weight is 341 g/mol. The summed E-state index contributed by atoms with van der Waals surface area (Å²) in [5.41, 5.74) is 4.39. The second-order valence-electron chi connectivity index (χ2n) is 4.20. The van der Waals surface area contributed by atoms with Gasteiger partial charge in [0.15, 0.2) is 0 Å². The highest BCUT2D eigenvalue weighted by Crippen LogP contribution is 2.27. The minimum atomic E-state index is -0.295. The summed E-state index contributed by atoms with van der Waals surface area (Å²) in [4.78, 5) is 0. The molecule has 8 heteroatoms. The zero-order chi connectivity index (χ0) is 14.5. The minimum absolute atomic E-state index is 0.295. The monoisotopic (exact) mass is 340 g/mol. The predicted molar refractivity (Wildman–Crippen MR) is 78.0 cm³/mol. The van der Waals surface area contributed by atoms with Crippen LogP contribution >= 0.6 is 15.9 Å². The van der Waals surface area contributed by atoms with Gasteiger partial charge in [-0.1, -0.05) is 6.92 Å². The van der Waals surface area contributed by atoms with Crippen molar-refractivity contribution in [3.63, 3.8) is 0 Å². The first kappa shape index (κ1) is 14.9. The highest BCUT2D eigenvalue weighted by molar-refractivity contribution is 9.10. The van der Waals surface area contributed by atoms with Crippen LogP contribution < -0.4 is 16.0 Å². The highest BCUT2D eigenvalue weighted by atomic mass is 79.9. The molecule has 7 nitrogen and oxygen atoms in total. The van der Waals surface area contributed by atoms with Gasteiger partial charge in [-0.25, -0.2) is 5.43 Å². The summed E-state index contributed by atoms with van der Waals surface area (Å²) in [6.45, 7) is 2.90. The quantitative estimate of drug-likeness (QED) is 0.610. The van der Waals surface area contributed by atoms with Crippen molar-refractivity contribution in [3.05, 3.63) is 34.2 Å². The fraction of sp³-hybridized carbons (Fsp3) is 0.417. The van der Waals surface area contributed by atoms with Crippen LogP contribution in [0, 0.1) is 0 Å². The molecule has 2 heterocycles. The molecule has 0 radical (unpaired) electrons. The molecule has 0 amide bonds. The van der Waals surface area contributed by atoms with Crippen LogP contribution in [0.25, 0.3) is 0 Å². The molecule has 108 valence electrons. The van der Waals surface area contributed by atoms with Gasteiger partial charge in [-0.15, -0.1) is 10.2 Å². The molecular formula is C12H17BrN6O. The molecule has 2 aromatic heterocycles. The fourth-order valence-corrected chi connectivity index (χ4v) is 2.47. The number of nitrogens with zero attached hydrogens (tertiary/aromatic N) is 4. The molecular weight excluding hydrogens is 324 g/mol. The molecule has 1 unspecified atom stereocenters. The number of halogens is 1. The molecule has 0 aromatic carbocycles. The summed E-state index contributed by atoms with van der Waals surface area (Å²) in [5, 5.41) is 12.4. The van der Waals surface area contributed by atoms with Gasteiger partial charge in [0.25, 0.3) is 0 Å². The number of hydrogen-bond acceptors (Lipinski definition) is 6. The fourth-order valence-electron chi connectivity index (χ4n) is 1.95. The Kier molecular flexibility index (Phi) is 5.05. The lowest BCUT2D eigenvalue weighted by atomic mass is 10.1. The first-order valence-corrected chi connectivity index (χ1v) is 7.05. The molecule has 0 aliphatic heterocycles. The molecule has 0 fully saturated rings. The largest absolute Gasteiger partial charge is 0.480 e. The Morgan fingerprint density at radius 3 is 2.80 bits per heavy atom. The van der Waals surface area contributed by atoms with Crippen molar-refractivity contribution in [2.45, 2.75) is 25.9 Å². The molecule has 0 aliphatic carbocycles.